The van der Waals surface area contributed by atoms with E-state index in [1.165, 1.54) is 31.0 Å². The van der Waals surface area contributed by atoms with E-state index in [4.69, 9.17) is 0 Å². The molecule has 2 N–H and O–H groups in total. The van der Waals surface area contributed by atoms with Crippen LogP contribution in [-0.4, -0.2) is 37.6 Å². The van der Waals surface area contributed by atoms with Gasteiger partial charge in [0, 0.05) is 12.6 Å². The molecule has 1 aromatic carbocycles. The number of aromatic hydroxyl groups is 1. The highest BCUT2D eigenvalue weighted by Gasteiger charge is 2.23. The molecule has 1 fully saturated rings. The zero-order chi connectivity index (χ0) is 19.2. The number of benzene rings is 1. The van der Waals surface area contributed by atoms with Gasteiger partial charge >= 0.3 is 0 Å². The number of carbonyl (C=O) groups excluding carboxylic acids is 1. The number of phenols is 1. The molecule has 6 nitrogen and oxygen atoms in total. The Morgan fingerprint density at radius 3 is 2.89 bits per heavy atom. The predicted octanol–water partition coefficient (Wildman–Crippen LogP) is 3.62. The number of phenolic OH excluding ortho intramolecular Hbond substituents is 1. The zero-order valence-corrected chi connectivity index (χ0v) is 16.4. The minimum Gasteiger partial charge on any atom is -0.507 e. The number of nitrogens with one attached hydrogen (secondary N) is 1. The van der Waals surface area contributed by atoms with Crippen LogP contribution < -0.4 is 5.32 Å². The number of carbonyl (C=O) groups is 1. The molecule has 1 aliphatic carbocycles. The number of para-hydroxylation sites is 1. The number of nitrogens with zero attached hydrogens (tertiary/aromatic N) is 3. The Labute approximate surface area is 164 Å². The average Bonchev–Trinajstić information content (AvgIpc) is 3.05. The molecule has 0 bridgehead atoms. The Kier molecular flexibility index (Phi) is 6.55. The van der Waals surface area contributed by atoms with Crippen molar-refractivity contribution >= 4 is 17.7 Å². The molecule has 2 atom stereocenters. The first-order chi connectivity index (χ1) is 13.1. The van der Waals surface area contributed by atoms with Gasteiger partial charge in [-0.05, 0) is 30.9 Å². The van der Waals surface area contributed by atoms with Gasteiger partial charge in [0.2, 0.25) is 5.91 Å². The number of hydrogen-bond acceptors (Lipinski definition) is 5. The van der Waals surface area contributed by atoms with Crippen LogP contribution in [0.2, 0.25) is 0 Å². The molecule has 27 heavy (non-hydrogen) atoms. The van der Waals surface area contributed by atoms with Crippen molar-refractivity contribution in [2.24, 2.45) is 5.92 Å². The third-order valence-corrected chi connectivity index (χ3v) is 5.93. The smallest absolute Gasteiger partial charge is 0.230 e. The summed E-state index contributed by atoms with van der Waals surface area (Å²) in [6.07, 6.45) is 6.42. The van der Waals surface area contributed by atoms with Gasteiger partial charge < -0.3 is 10.4 Å². The fourth-order valence-electron chi connectivity index (χ4n) is 3.46. The minimum atomic E-state index is 0.0241. The largest absolute Gasteiger partial charge is 0.507 e. The molecule has 7 heteroatoms. The summed E-state index contributed by atoms with van der Waals surface area (Å²) in [5.41, 5.74) is 0.610. The summed E-state index contributed by atoms with van der Waals surface area (Å²) in [5, 5.41) is 22.4. The van der Waals surface area contributed by atoms with E-state index < -0.39 is 0 Å². The van der Waals surface area contributed by atoms with Gasteiger partial charge in [0.25, 0.3) is 0 Å². The molecule has 1 heterocycles. The van der Waals surface area contributed by atoms with Gasteiger partial charge in [-0.3, -0.25) is 9.36 Å². The van der Waals surface area contributed by atoms with Gasteiger partial charge in [0.05, 0.1) is 11.3 Å². The van der Waals surface area contributed by atoms with Crippen molar-refractivity contribution in [1.29, 1.82) is 0 Å². The average molecular weight is 387 g/mol. The van der Waals surface area contributed by atoms with Crippen LogP contribution in [0.1, 0.15) is 32.6 Å². The highest BCUT2D eigenvalue weighted by atomic mass is 32.2. The van der Waals surface area contributed by atoms with E-state index in [1.54, 1.807) is 24.3 Å². The third-order valence-electron chi connectivity index (χ3n) is 4.96. The SMILES string of the molecule is C=CCn1c(SCC(=O)N[C@H]2CCCC[C@@H]2C)nnc1-c1ccccc1O. The summed E-state index contributed by atoms with van der Waals surface area (Å²) in [6.45, 7) is 6.49. The predicted molar refractivity (Wildman–Crippen MR) is 108 cm³/mol. The van der Waals surface area contributed by atoms with E-state index in [0.717, 1.165) is 6.42 Å². The van der Waals surface area contributed by atoms with Crippen molar-refractivity contribution in [3.05, 3.63) is 36.9 Å². The first-order valence-corrected chi connectivity index (χ1v) is 10.3. The minimum absolute atomic E-state index is 0.0241. The van der Waals surface area contributed by atoms with Crippen LogP contribution in [0.5, 0.6) is 5.75 Å². The molecule has 1 saturated carbocycles. The molecule has 0 unspecified atom stereocenters. The molecule has 144 valence electrons. The van der Waals surface area contributed by atoms with E-state index in [-0.39, 0.29) is 17.7 Å². The van der Waals surface area contributed by atoms with Crippen LogP contribution in [0.4, 0.5) is 0 Å². The highest BCUT2D eigenvalue weighted by molar-refractivity contribution is 7.99. The lowest BCUT2D eigenvalue weighted by Gasteiger charge is -2.29. The van der Waals surface area contributed by atoms with Crippen LogP contribution in [0.25, 0.3) is 11.4 Å². The number of thioether (sulfide) groups is 1. The number of amides is 1. The molecule has 0 aliphatic heterocycles. The molecule has 0 spiro atoms. The number of hydrogen-bond donors (Lipinski definition) is 2. The molecular formula is C20H26N4O2S. The first kappa shape index (κ1) is 19.5. The number of aromatic nitrogens is 3. The molecule has 1 aliphatic rings. The van der Waals surface area contributed by atoms with E-state index >= 15 is 0 Å². The van der Waals surface area contributed by atoms with Gasteiger partial charge in [-0.1, -0.05) is 49.7 Å². The normalized spacial score (nSPS) is 19.6. The van der Waals surface area contributed by atoms with E-state index in [0.29, 0.717) is 34.8 Å². The van der Waals surface area contributed by atoms with Gasteiger partial charge in [0.15, 0.2) is 11.0 Å². The van der Waals surface area contributed by atoms with Crippen LogP contribution >= 0.6 is 11.8 Å². The lowest BCUT2D eigenvalue weighted by atomic mass is 9.86. The van der Waals surface area contributed by atoms with Crippen molar-refractivity contribution in [3.63, 3.8) is 0 Å². The van der Waals surface area contributed by atoms with Gasteiger partial charge in [-0.15, -0.1) is 16.8 Å². The van der Waals surface area contributed by atoms with E-state index in [1.807, 2.05) is 10.6 Å². The second-order valence-corrected chi connectivity index (χ2v) is 7.89. The van der Waals surface area contributed by atoms with Crippen molar-refractivity contribution in [2.75, 3.05) is 5.75 Å². The molecule has 1 amide bonds. The lowest BCUT2D eigenvalue weighted by molar-refractivity contribution is -0.119. The Morgan fingerprint density at radius 2 is 2.15 bits per heavy atom. The van der Waals surface area contributed by atoms with E-state index in [2.05, 4.69) is 29.0 Å². The number of rotatable bonds is 7. The van der Waals surface area contributed by atoms with Crippen molar-refractivity contribution in [2.45, 2.75) is 50.4 Å². The van der Waals surface area contributed by atoms with Crippen LogP contribution in [0, 0.1) is 5.92 Å². The summed E-state index contributed by atoms with van der Waals surface area (Å²) in [4.78, 5) is 12.4. The summed E-state index contributed by atoms with van der Waals surface area (Å²) < 4.78 is 1.86. The maximum Gasteiger partial charge on any atom is 0.230 e. The Morgan fingerprint density at radius 1 is 1.37 bits per heavy atom. The Bertz CT molecular complexity index is 805. The second kappa shape index (κ2) is 9.08. The summed E-state index contributed by atoms with van der Waals surface area (Å²) in [6, 6.07) is 7.29. The first-order valence-electron chi connectivity index (χ1n) is 9.34. The van der Waals surface area contributed by atoms with Gasteiger partial charge in [-0.25, -0.2) is 0 Å². The molecule has 2 aromatic rings. The quantitative estimate of drug-likeness (QED) is 0.561. The van der Waals surface area contributed by atoms with Crippen molar-refractivity contribution in [3.8, 4) is 17.1 Å². The van der Waals surface area contributed by atoms with Crippen LogP contribution in [-0.2, 0) is 11.3 Å². The maximum absolute atomic E-state index is 12.4. The van der Waals surface area contributed by atoms with Gasteiger partial charge in [0.1, 0.15) is 5.75 Å². The second-order valence-electron chi connectivity index (χ2n) is 6.95. The zero-order valence-electron chi connectivity index (χ0n) is 15.6. The molecule has 0 saturated heterocycles. The Hall–Kier alpha value is -2.28. The monoisotopic (exact) mass is 386 g/mol. The molecule has 0 radical (unpaired) electrons. The van der Waals surface area contributed by atoms with Gasteiger partial charge in [-0.2, -0.15) is 0 Å². The summed E-state index contributed by atoms with van der Waals surface area (Å²) >= 11 is 1.35. The fourth-order valence-corrected chi connectivity index (χ4v) is 4.22. The van der Waals surface area contributed by atoms with Crippen LogP contribution in [0.15, 0.2) is 42.1 Å². The third kappa shape index (κ3) is 4.71. The Balaban J connectivity index is 1.69. The topological polar surface area (TPSA) is 80.0 Å². The summed E-state index contributed by atoms with van der Waals surface area (Å²) in [7, 11) is 0. The van der Waals surface area contributed by atoms with Crippen molar-refractivity contribution in [1.82, 2.24) is 20.1 Å². The maximum atomic E-state index is 12.4. The molecule has 1 aromatic heterocycles. The lowest BCUT2D eigenvalue weighted by Crippen LogP contribution is -2.41. The van der Waals surface area contributed by atoms with E-state index in [9.17, 15) is 9.90 Å². The standard InChI is InChI=1S/C20H26N4O2S/c1-3-12-24-19(15-9-5-7-11-17(15)25)22-23-20(24)27-13-18(26)21-16-10-6-4-8-14(16)2/h3,5,7,9,11,14,16,25H,1,4,6,8,10,12-13H2,2H3,(H,21,26)/t14-,16-/m0/s1. The van der Waals surface area contributed by atoms with Crippen LogP contribution in [0.3, 0.4) is 0 Å². The molecule has 3 rings (SSSR count). The molecular weight excluding hydrogens is 360 g/mol. The van der Waals surface area contributed by atoms with Crippen molar-refractivity contribution < 1.29 is 9.90 Å². The fraction of sp³-hybridized carbons (Fsp3) is 0.450. The summed E-state index contributed by atoms with van der Waals surface area (Å²) in [5.74, 6) is 1.56. The highest BCUT2D eigenvalue weighted by Crippen LogP contribution is 2.30. The number of allylic oxidation sites excluding steroid dienone is 1.